The minimum atomic E-state index is -0.229. The lowest BCUT2D eigenvalue weighted by Crippen LogP contribution is -2.03. The maximum Gasteiger partial charge on any atom is 0.335 e. The standard InChI is InChI=1S/C22H25NO3/c1-3-25-18-11-9-17(10-12-18)20-19(21(20)22(24)26-4-2)16-7-5-15(6-8-16)13-14-23/h5-12,20H,3-4,13-14,23H2,1-2H3. The number of rotatable bonds is 8. The van der Waals surface area contributed by atoms with Gasteiger partial charge < -0.3 is 15.2 Å². The highest BCUT2D eigenvalue weighted by Crippen LogP contribution is 2.54. The molecule has 2 aromatic carbocycles. The van der Waals surface area contributed by atoms with Crippen molar-refractivity contribution >= 4 is 11.5 Å². The minimum Gasteiger partial charge on any atom is -0.494 e. The first-order chi connectivity index (χ1) is 12.7. The van der Waals surface area contributed by atoms with Gasteiger partial charge in [-0.2, -0.15) is 0 Å². The zero-order valence-electron chi connectivity index (χ0n) is 15.3. The number of ether oxygens (including phenoxy) is 2. The Morgan fingerprint density at radius 1 is 1.00 bits per heavy atom. The maximum absolute atomic E-state index is 12.4. The zero-order valence-corrected chi connectivity index (χ0v) is 15.3. The molecule has 136 valence electrons. The Morgan fingerprint density at radius 2 is 1.69 bits per heavy atom. The molecule has 0 bridgehead atoms. The second kappa shape index (κ2) is 8.19. The molecule has 1 aliphatic rings. The molecule has 0 heterocycles. The van der Waals surface area contributed by atoms with Crippen LogP contribution in [0.2, 0.25) is 0 Å². The van der Waals surface area contributed by atoms with Crippen LogP contribution >= 0.6 is 0 Å². The summed E-state index contributed by atoms with van der Waals surface area (Å²) in [7, 11) is 0. The van der Waals surface area contributed by atoms with E-state index in [1.807, 2.05) is 38.1 Å². The Labute approximate surface area is 154 Å². The minimum absolute atomic E-state index is 0.00918. The van der Waals surface area contributed by atoms with E-state index in [0.717, 1.165) is 34.4 Å². The highest BCUT2D eigenvalue weighted by Gasteiger charge is 2.44. The van der Waals surface area contributed by atoms with Crippen molar-refractivity contribution in [3.8, 4) is 5.75 Å². The van der Waals surface area contributed by atoms with E-state index >= 15 is 0 Å². The molecule has 0 amide bonds. The lowest BCUT2D eigenvalue weighted by atomic mass is 10.0. The fraction of sp³-hybridized carbons (Fsp3) is 0.318. The summed E-state index contributed by atoms with van der Waals surface area (Å²) < 4.78 is 10.8. The van der Waals surface area contributed by atoms with Crippen LogP contribution in [0, 0.1) is 0 Å². The van der Waals surface area contributed by atoms with Gasteiger partial charge in [-0.1, -0.05) is 36.4 Å². The summed E-state index contributed by atoms with van der Waals surface area (Å²) in [6, 6.07) is 16.2. The third kappa shape index (κ3) is 3.81. The first kappa shape index (κ1) is 18.2. The van der Waals surface area contributed by atoms with E-state index in [4.69, 9.17) is 15.2 Å². The fourth-order valence-electron chi connectivity index (χ4n) is 3.26. The van der Waals surface area contributed by atoms with E-state index in [1.165, 1.54) is 5.56 Å². The Balaban J connectivity index is 1.86. The van der Waals surface area contributed by atoms with Gasteiger partial charge in [0.25, 0.3) is 0 Å². The summed E-state index contributed by atoms with van der Waals surface area (Å²) >= 11 is 0. The van der Waals surface area contributed by atoms with Crippen LogP contribution in [-0.2, 0) is 16.0 Å². The van der Waals surface area contributed by atoms with Crippen molar-refractivity contribution in [1.29, 1.82) is 0 Å². The summed E-state index contributed by atoms with van der Waals surface area (Å²) in [5.41, 5.74) is 10.8. The Morgan fingerprint density at radius 3 is 2.27 bits per heavy atom. The van der Waals surface area contributed by atoms with Crippen molar-refractivity contribution < 1.29 is 14.3 Å². The van der Waals surface area contributed by atoms with Gasteiger partial charge in [0.2, 0.25) is 0 Å². The summed E-state index contributed by atoms with van der Waals surface area (Å²) in [5, 5.41) is 0. The van der Waals surface area contributed by atoms with Gasteiger partial charge in [0.15, 0.2) is 0 Å². The third-order valence-electron chi connectivity index (χ3n) is 4.50. The molecule has 4 nitrogen and oxygen atoms in total. The van der Waals surface area contributed by atoms with E-state index < -0.39 is 0 Å². The molecule has 0 saturated heterocycles. The molecule has 1 atom stereocenters. The molecule has 2 N–H and O–H groups in total. The first-order valence-electron chi connectivity index (χ1n) is 9.12. The molecular formula is C22H25NO3. The highest BCUT2D eigenvalue weighted by molar-refractivity contribution is 6.13. The average Bonchev–Trinajstić information content (AvgIpc) is 3.39. The predicted octanol–water partition coefficient (Wildman–Crippen LogP) is 3.70. The second-order valence-corrected chi connectivity index (χ2v) is 6.22. The quantitative estimate of drug-likeness (QED) is 0.737. The normalized spacial score (nSPS) is 15.7. The topological polar surface area (TPSA) is 61.5 Å². The van der Waals surface area contributed by atoms with Gasteiger partial charge >= 0.3 is 5.97 Å². The molecule has 0 radical (unpaired) electrons. The molecular weight excluding hydrogens is 326 g/mol. The molecule has 0 saturated carbocycles. The number of carbonyl (C=O) groups is 1. The Hall–Kier alpha value is -2.59. The molecule has 26 heavy (non-hydrogen) atoms. The highest BCUT2D eigenvalue weighted by atomic mass is 16.5. The van der Waals surface area contributed by atoms with Crippen LogP contribution in [0.4, 0.5) is 0 Å². The van der Waals surface area contributed by atoms with Crippen LogP contribution in [0.3, 0.4) is 0 Å². The number of hydrogen-bond donors (Lipinski definition) is 1. The van der Waals surface area contributed by atoms with Crippen LogP contribution in [0.1, 0.15) is 36.5 Å². The number of nitrogens with two attached hydrogens (primary N) is 1. The third-order valence-corrected chi connectivity index (χ3v) is 4.50. The van der Waals surface area contributed by atoms with Gasteiger partial charge in [-0.25, -0.2) is 4.79 Å². The molecule has 0 aromatic heterocycles. The van der Waals surface area contributed by atoms with Crippen molar-refractivity contribution in [2.24, 2.45) is 5.73 Å². The van der Waals surface area contributed by atoms with Crippen molar-refractivity contribution in [2.45, 2.75) is 26.2 Å². The first-order valence-corrected chi connectivity index (χ1v) is 9.12. The molecule has 2 aromatic rings. The van der Waals surface area contributed by atoms with E-state index in [-0.39, 0.29) is 11.9 Å². The summed E-state index contributed by atoms with van der Waals surface area (Å²) in [6.45, 7) is 5.43. The largest absolute Gasteiger partial charge is 0.494 e. The molecule has 0 aliphatic heterocycles. The van der Waals surface area contributed by atoms with Crippen LogP contribution in [0.5, 0.6) is 5.75 Å². The summed E-state index contributed by atoms with van der Waals surface area (Å²) in [6.07, 6.45) is 0.854. The van der Waals surface area contributed by atoms with Crippen LogP contribution < -0.4 is 10.5 Å². The summed E-state index contributed by atoms with van der Waals surface area (Å²) in [4.78, 5) is 12.4. The smallest absolute Gasteiger partial charge is 0.335 e. The van der Waals surface area contributed by atoms with Crippen molar-refractivity contribution in [3.05, 3.63) is 70.8 Å². The maximum atomic E-state index is 12.4. The van der Waals surface area contributed by atoms with Gasteiger partial charge in [0.05, 0.1) is 18.8 Å². The molecule has 1 aliphatic carbocycles. The Bertz CT molecular complexity index is 791. The summed E-state index contributed by atoms with van der Waals surface area (Å²) in [5.74, 6) is 0.597. The Kier molecular flexibility index (Phi) is 5.74. The molecule has 3 rings (SSSR count). The van der Waals surface area contributed by atoms with E-state index in [2.05, 4.69) is 24.3 Å². The molecule has 1 unspecified atom stereocenters. The monoisotopic (exact) mass is 351 g/mol. The number of allylic oxidation sites excluding steroid dienone is 1. The fourth-order valence-corrected chi connectivity index (χ4v) is 3.26. The number of carbonyl (C=O) groups excluding carboxylic acids is 1. The number of hydrogen-bond acceptors (Lipinski definition) is 4. The van der Waals surface area contributed by atoms with Crippen LogP contribution in [-0.4, -0.2) is 25.7 Å². The average molecular weight is 351 g/mol. The van der Waals surface area contributed by atoms with E-state index in [1.54, 1.807) is 0 Å². The lowest BCUT2D eigenvalue weighted by Gasteiger charge is -2.06. The molecule has 0 spiro atoms. The van der Waals surface area contributed by atoms with Gasteiger partial charge in [0, 0.05) is 5.92 Å². The second-order valence-electron chi connectivity index (χ2n) is 6.22. The number of benzene rings is 2. The van der Waals surface area contributed by atoms with Crippen LogP contribution in [0.15, 0.2) is 54.1 Å². The van der Waals surface area contributed by atoms with Gasteiger partial charge in [-0.05, 0) is 61.2 Å². The van der Waals surface area contributed by atoms with Crippen molar-refractivity contribution in [1.82, 2.24) is 0 Å². The SMILES string of the molecule is CCOC(=O)C1=C(c2ccc(CCN)cc2)C1c1ccc(OCC)cc1. The van der Waals surface area contributed by atoms with E-state index in [9.17, 15) is 4.79 Å². The molecule has 0 fully saturated rings. The molecule has 4 heteroatoms. The number of esters is 1. The van der Waals surface area contributed by atoms with Gasteiger partial charge in [-0.3, -0.25) is 0 Å². The predicted molar refractivity (Wildman–Crippen MR) is 103 cm³/mol. The van der Waals surface area contributed by atoms with Crippen LogP contribution in [0.25, 0.3) is 5.57 Å². The van der Waals surface area contributed by atoms with Gasteiger partial charge in [0.1, 0.15) is 5.75 Å². The zero-order chi connectivity index (χ0) is 18.5. The van der Waals surface area contributed by atoms with Crippen molar-refractivity contribution in [2.75, 3.05) is 19.8 Å². The lowest BCUT2D eigenvalue weighted by molar-refractivity contribution is -0.138. The van der Waals surface area contributed by atoms with E-state index in [0.29, 0.717) is 19.8 Å². The van der Waals surface area contributed by atoms with Gasteiger partial charge in [-0.15, -0.1) is 0 Å². The van der Waals surface area contributed by atoms with Crippen molar-refractivity contribution in [3.63, 3.8) is 0 Å².